The summed E-state index contributed by atoms with van der Waals surface area (Å²) in [6, 6.07) is 19.0. The maximum absolute atomic E-state index is 12.7. The Hall–Kier alpha value is -3.14. The molecule has 0 aliphatic heterocycles. The average Bonchev–Trinajstić information content (AvgIpc) is 2.62. The summed E-state index contributed by atoms with van der Waals surface area (Å²) >= 11 is 0. The van der Waals surface area contributed by atoms with E-state index in [0.29, 0.717) is 10.7 Å². The van der Waals surface area contributed by atoms with Crippen molar-refractivity contribution in [1.29, 1.82) is 0 Å². The molecule has 1 aromatic heterocycles. The number of aromatic nitrogens is 2. The molecular formula is C20H18N2O2. The molecule has 0 bridgehead atoms. The summed E-state index contributed by atoms with van der Waals surface area (Å²) < 4.78 is 2.81. The normalized spacial score (nSPS) is 12.6. The number of hydrogen-bond donors (Lipinski definition) is 0. The molecule has 0 fully saturated rings. The van der Waals surface area contributed by atoms with Crippen molar-refractivity contribution in [3.05, 3.63) is 103 Å². The van der Waals surface area contributed by atoms with E-state index in [1.807, 2.05) is 60.7 Å². The van der Waals surface area contributed by atoms with Crippen LogP contribution in [0.15, 0.2) is 70.3 Å². The first-order valence-corrected chi connectivity index (χ1v) is 7.67. The molecule has 3 aromatic rings. The monoisotopic (exact) mass is 318 g/mol. The lowest BCUT2D eigenvalue weighted by Gasteiger charge is -2.05. The molecule has 120 valence electrons. The Labute approximate surface area is 139 Å². The van der Waals surface area contributed by atoms with Gasteiger partial charge in [0, 0.05) is 14.1 Å². The topological polar surface area (TPSA) is 44.0 Å². The van der Waals surface area contributed by atoms with Gasteiger partial charge in [-0.1, -0.05) is 60.7 Å². The Kier molecular flexibility index (Phi) is 4.29. The minimum atomic E-state index is -0.205. The third kappa shape index (κ3) is 2.99. The maximum Gasteiger partial charge on any atom is 0.274 e. The predicted octanol–water partition coefficient (Wildman–Crippen LogP) is 0.742. The van der Waals surface area contributed by atoms with Crippen LogP contribution in [0.4, 0.5) is 0 Å². The highest BCUT2D eigenvalue weighted by Gasteiger charge is 2.05. The molecule has 0 N–H and O–H groups in total. The summed E-state index contributed by atoms with van der Waals surface area (Å²) in [6.45, 7) is 0. The zero-order valence-corrected chi connectivity index (χ0v) is 13.6. The smallest absolute Gasteiger partial charge is 0.274 e. The van der Waals surface area contributed by atoms with Gasteiger partial charge in [-0.2, -0.15) is 0 Å². The fraction of sp³-hybridized carbons (Fsp3) is 0.100. The van der Waals surface area contributed by atoms with Gasteiger partial charge in [0.15, 0.2) is 0 Å². The van der Waals surface area contributed by atoms with Crippen LogP contribution in [0.3, 0.4) is 0 Å². The fourth-order valence-corrected chi connectivity index (χ4v) is 2.58. The molecule has 0 spiro atoms. The van der Waals surface area contributed by atoms with E-state index in [1.54, 1.807) is 26.2 Å². The Bertz CT molecular complexity index is 1000. The number of hydrogen-bond acceptors (Lipinski definition) is 2. The van der Waals surface area contributed by atoms with Gasteiger partial charge >= 0.3 is 0 Å². The molecule has 2 aromatic carbocycles. The summed E-state index contributed by atoms with van der Waals surface area (Å²) in [6.07, 6.45) is 3.46. The van der Waals surface area contributed by atoms with Crippen molar-refractivity contribution in [2.24, 2.45) is 14.1 Å². The zero-order chi connectivity index (χ0) is 17.1. The van der Waals surface area contributed by atoms with E-state index in [2.05, 4.69) is 0 Å². The first-order chi connectivity index (χ1) is 11.6. The molecule has 0 aliphatic rings. The fourth-order valence-electron chi connectivity index (χ4n) is 2.58. The lowest BCUT2D eigenvalue weighted by molar-refractivity contribution is 0.696. The molecule has 0 unspecified atom stereocenters. The molecule has 3 rings (SSSR count). The van der Waals surface area contributed by atoms with E-state index in [9.17, 15) is 9.59 Å². The van der Waals surface area contributed by atoms with Crippen LogP contribution in [0.5, 0.6) is 0 Å². The predicted molar refractivity (Wildman–Crippen MR) is 96.2 cm³/mol. The highest BCUT2D eigenvalue weighted by Crippen LogP contribution is 1.98. The number of benzene rings is 2. The summed E-state index contributed by atoms with van der Waals surface area (Å²) in [7, 11) is 3.25. The highest BCUT2D eigenvalue weighted by molar-refractivity contribution is 5.49. The molecule has 0 saturated heterocycles. The van der Waals surface area contributed by atoms with Crippen LogP contribution in [0, 0.1) is 0 Å². The van der Waals surface area contributed by atoms with E-state index < -0.39 is 0 Å². The lowest BCUT2D eigenvalue weighted by atomic mass is 10.2. The van der Waals surface area contributed by atoms with Crippen LogP contribution >= 0.6 is 0 Å². The van der Waals surface area contributed by atoms with E-state index in [4.69, 9.17) is 0 Å². The second kappa shape index (κ2) is 6.54. The Morgan fingerprint density at radius 3 is 1.29 bits per heavy atom. The van der Waals surface area contributed by atoms with Crippen LogP contribution < -0.4 is 21.8 Å². The van der Waals surface area contributed by atoms with Gasteiger partial charge in [0.25, 0.3) is 11.1 Å². The number of nitrogens with zero attached hydrogens (tertiary/aromatic N) is 2. The first-order valence-electron chi connectivity index (χ1n) is 7.67. The Morgan fingerprint density at radius 2 is 0.958 bits per heavy atom. The van der Waals surface area contributed by atoms with Gasteiger partial charge in [-0.25, -0.2) is 0 Å². The van der Waals surface area contributed by atoms with Crippen LogP contribution in [0.2, 0.25) is 0 Å². The molecule has 4 nitrogen and oxygen atoms in total. The van der Waals surface area contributed by atoms with Gasteiger partial charge in [0.2, 0.25) is 0 Å². The molecule has 0 saturated carbocycles. The molecule has 1 heterocycles. The SMILES string of the molecule is Cn1c(=O)/c(=C/c2ccccc2)n(C)c(=O)/c1=C/c1ccccc1. The third-order valence-electron chi connectivity index (χ3n) is 3.98. The van der Waals surface area contributed by atoms with Gasteiger partial charge < -0.3 is 9.13 Å². The first kappa shape index (κ1) is 15.7. The van der Waals surface area contributed by atoms with Crippen molar-refractivity contribution in [2.45, 2.75) is 0 Å². The molecule has 24 heavy (non-hydrogen) atoms. The quantitative estimate of drug-likeness (QED) is 0.700. The van der Waals surface area contributed by atoms with Crippen molar-refractivity contribution in [3.8, 4) is 0 Å². The van der Waals surface area contributed by atoms with Crippen LogP contribution in [-0.2, 0) is 14.1 Å². The van der Waals surface area contributed by atoms with E-state index in [1.165, 1.54) is 9.13 Å². The van der Waals surface area contributed by atoms with Gasteiger partial charge in [0.1, 0.15) is 10.7 Å². The highest BCUT2D eigenvalue weighted by atomic mass is 16.1. The molecule has 0 atom stereocenters. The second-order valence-corrected chi connectivity index (χ2v) is 5.61. The summed E-state index contributed by atoms with van der Waals surface area (Å²) in [4.78, 5) is 25.4. The standard InChI is InChI=1S/C20H18N2O2/c1-21-17(13-15-9-5-3-6-10-15)20(24)22(2)18(19(21)23)14-16-11-7-4-8-12-16/h3-14H,1-2H3/b17-13-,18-14-. The van der Waals surface area contributed by atoms with Crippen molar-refractivity contribution < 1.29 is 0 Å². The van der Waals surface area contributed by atoms with Crippen molar-refractivity contribution in [3.63, 3.8) is 0 Å². The maximum atomic E-state index is 12.7. The van der Waals surface area contributed by atoms with E-state index in [0.717, 1.165) is 11.1 Å². The van der Waals surface area contributed by atoms with Gasteiger partial charge in [-0.05, 0) is 23.3 Å². The molecule has 4 heteroatoms. The van der Waals surface area contributed by atoms with Gasteiger partial charge in [-0.3, -0.25) is 9.59 Å². The summed E-state index contributed by atoms with van der Waals surface area (Å²) in [5, 5.41) is 0.720. The van der Waals surface area contributed by atoms with Crippen LogP contribution in [0.1, 0.15) is 11.1 Å². The minimum Gasteiger partial charge on any atom is -0.305 e. The molecule has 0 radical (unpaired) electrons. The van der Waals surface area contributed by atoms with E-state index in [-0.39, 0.29) is 11.1 Å². The Morgan fingerprint density at radius 1 is 0.625 bits per heavy atom. The van der Waals surface area contributed by atoms with Gasteiger partial charge in [0.05, 0.1) is 0 Å². The zero-order valence-electron chi connectivity index (χ0n) is 13.6. The van der Waals surface area contributed by atoms with Crippen LogP contribution in [0.25, 0.3) is 12.2 Å². The summed E-state index contributed by atoms with van der Waals surface area (Å²) in [5.74, 6) is 0. The second-order valence-electron chi connectivity index (χ2n) is 5.61. The molecule has 0 amide bonds. The largest absolute Gasteiger partial charge is 0.305 e. The number of rotatable bonds is 2. The van der Waals surface area contributed by atoms with E-state index >= 15 is 0 Å². The average molecular weight is 318 g/mol. The Balaban J connectivity index is 2.32. The third-order valence-corrected chi connectivity index (χ3v) is 3.98. The minimum absolute atomic E-state index is 0.205. The molecule has 0 aliphatic carbocycles. The summed E-state index contributed by atoms with van der Waals surface area (Å²) in [5.41, 5.74) is 1.35. The van der Waals surface area contributed by atoms with Crippen molar-refractivity contribution in [2.75, 3.05) is 0 Å². The lowest BCUT2D eigenvalue weighted by Crippen LogP contribution is -2.56. The van der Waals surface area contributed by atoms with Gasteiger partial charge in [-0.15, -0.1) is 0 Å². The van der Waals surface area contributed by atoms with Crippen molar-refractivity contribution in [1.82, 2.24) is 9.13 Å². The van der Waals surface area contributed by atoms with Crippen LogP contribution in [-0.4, -0.2) is 9.13 Å². The van der Waals surface area contributed by atoms with Crippen molar-refractivity contribution >= 4 is 12.2 Å². The molecular weight excluding hydrogens is 300 g/mol.